The van der Waals surface area contributed by atoms with Crippen LogP contribution in [0.1, 0.15) is 37.8 Å². The van der Waals surface area contributed by atoms with Gasteiger partial charge in [-0.2, -0.15) is 5.26 Å². The van der Waals surface area contributed by atoms with Gasteiger partial charge in [0.2, 0.25) is 0 Å². The molecule has 0 N–H and O–H groups in total. The van der Waals surface area contributed by atoms with E-state index in [9.17, 15) is 0 Å². The predicted molar refractivity (Wildman–Crippen MR) is 75.9 cm³/mol. The zero-order valence-corrected chi connectivity index (χ0v) is 12.4. The van der Waals surface area contributed by atoms with Crippen LogP contribution in [0.4, 0.5) is 0 Å². The van der Waals surface area contributed by atoms with Gasteiger partial charge in [-0.1, -0.05) is 0 Å². The van der Waals surface area contributed by atoms with Crippen molar-refractivity contribution in [1.29, 1.82) is 5.26 Å². The fourth-order valence-electron chi connectivity index (χ4n) is 2.37. The maximum Gasteiger partial charge on any atom is 0.188 e. The number of hydrogen-bond acceptors (Lipinski definition) is 4. The number of benzene rings is 1. The first-order valence-corrected chi connectivity index (χ1v) is 6.89. The summed E-state index contributed by atoms with van der Waals surface area (Å²) in [5.74, 6) is 1.63. The summed E-state index contributed by atoms with van der Waals surface area (Å²) in [6.07, 6.45) is 3.16. The Bertz CT molecular complexity index is 517. The fraction of sp³-hybridized carbons (Fsp3) is 0.562. The minimum Gasteiger partial charge on any atom is -0.487 e. The number of nitrogens with zero attached hydrogens (tertiary/aromatic N) is 1. The highest BCUT2D eigenvalue weighted by atomic mass is 16.7. The van der Waals surface area contributed by atoms with E-state index in [0.29, 0.717) is 12.8 Å². The maximum atomic E-state index is 8.76. The van der Waals surface area contributed by atoms with Crippen LogP contribution >= 0.6 is 0 Å². The van der Waals surface area contributed by atoms with Crippen LogP contribution in [0.3, 0.4) is 0 Å². The second-order valence-electron chi connectivity index (χ2n) is 5.64. The molecule has 4 nitrogen and oxygen atoms in total. The Balaban J connectivity index is 2.30. The molecule has 108 valence electrons. The minimum atomic E-state index is -0.139. The summed E-state index contributed by atoms with van der Waals surface area (Å²) in [4.78, 5) is 0. The Morgan fingerprint density at radius 1 is 1.40 bits per heavy atom. The molecule has 0 spiro atoms. The number of nitriles is 1. The maximum absolute atomic E-state index is 8.76. The lowest BCUT2D eigenvalue weighted by Crippen LogP contribution is -2.32. The van der Waals surface area contributed by atoms with E-state index in [1.807, 2.05) is 6.07 Å². The van der Waals surface area contributed by atoms with Crippen LogP contribution in [0.2, 0.25) is 0 Å². The molecule has 2 rings (SSSR count). The second-order valence-corrected chi connectivity index (χ2v) is 5.64. The molecule has 0 aromatic heterocycles. The van der Waals surface area contributed by atoms with Gasteiger partial charge >= 0.3 is 0 Å². The largest absolute Gasteiger partial charge is 0.487 e. The lowest BCUT2D eigenvalue weighted by molar-refractivity contribution is 0.0489. The normalized spacial score (nSPS) is 15.9. The summed E-state index contributed by atoms with van der Waals surface area (Å²) < 4.78 is 16.6. The van der Waals surface area contributed by atoms with Gasteiger partial charge in [-0.3, -0.25) is 0 Å². The number of ether oxygens (including phenoxy) is 3. The van der Waals surface area contributed by atoms with Crippen LogP contribution in [0.5, 0.6) is 11.5 Å². The van der Waals surface area contributed by atoms with E-state index in [0.717, 1.165) is 29.9 Å². The lowest BCUT2D eigenvalue weighted by atomic mass is 9.92. The summed E-state index contributed by atoms with van der Waals surface area (Å²) in [7, 11) is 1.59. The molecule has 1 aromatic carbocycles. The second kappa shape index (κ2) is 6.15. The van der Waals surface area contributed by atoms with Gasteiger partial charge in [-0.25, -0.2) is 0 Å². The standard InChI is InChI=1S/C16H21NO3/c1-16(2)7-6-13-9-12(5-4-8-17)14(19-11-18-3)10-15(13)20-16/h9-10H,4-7,11H2,1-3H3. The van der Waals surface area contributed by atoms with Crippen LogP contribution < -0.4 is 9.47 Å². The van der Waals surface area contributed by atoms with Crippen molar-refractivity contribution >= 4 is 0 Å². The van der Waals surface area contributed by atoms with Crippen molar-refractivity contribution in [1.82, 2.24) is 0 Å². The molecule has 4 heteroatoms. The highest BCUT2D eigenvalue weighted by molar-refractivity contribution is 5.48. The molecule has 0 bridgehead atoms. The quantitative estimate of drug-likeness (QED) is 0.774. The molecule has 0 aliphatic carbocycles. The molecule has 0 radical (unpaired) electrons. The van der Waals surface area contributed by atoms with Crippen molar-refractivity contribution in [3.63, 3.8) is 0 Å². The molecule has 0 saturated heterocycles. The zero-order chi connectivity index (χ0) is 14.6. The van der Waals surface area contributed by atoms with Gasteiger partial charge in [-0.15, -0.1) is 0 Å². The molecule has 1 aliphatic rings. The highest BCUT2D eigenvalue weighted by Crippen LogP contribution is 2.38. The van der Waals surface area contributed by atoms with Gasteiger partial charge in [0.25, 0.3) is 0 Å². The zero-order valence-electron chi connectivity index (χ0n) is 12.4. The Labute approximate surface area is 120 Å². The number of methoxy groups -OCH3 is 1. The van der Waals surface area contributed by atoms with Gasteiger partial charge in [-0.05, 0) is 50.3 Å². The third-order valence-corrected chi connectivity index (χ3v) is 3.46. The molecule has 0 amide bonds. The first-order valence-electron chi connectivity index (χ1n) is 6.89. The average Bonchev–Trinajstić information content (AvgIpc) is 2.41. The molecular formula is C16H21NO3. The minimum absolute atomic E-state index is 0.139. The molecule has 1 heterocycles. The van der Waals surface area contributed by atoms with Crippen LogP contribution in [0, 0.1) is 11.3 Å². The number of hydrogen-bond donors (Lipinski definition) is 0. The average molecular weight is 275 g/mol. The van der Waals surface area contributed by atoms with E-state index in [2.05, 4.69) is 26.0 Å². The van der Waals surface area contributed by atoms with Crippen molar-refractivity contribution in [2.75, 3.05) is 13.9 Å². The van der Waals surface area contributed by atoms with Gasteiger partial charge in [0, 0.05) is 19.6 Å². The lowest BCUT2D eigenvalue weighted by Gasteiger charge is -2.33. The third kappa shape index (κ3) is 3.43. The van der Waals surface area contributed by atoms with Crippen LogP contribution in [0.25, 0.3) is 0 Å². The van der Waals surface area contributed by atoms with E-state index in [-0.39, 0.29) is 12.4 Å². The number of fused-ring (bicyclic) bond motifs is 1. The number of rotatable bonds is 5. The summed E-state index contributed by atoms with van der Waals surface area (Å²) >= 11 is 0. The SMILES string of the molecule is COCOc1cc2c(cc1CCC#N)CCC(C)(C)O2. The van der Waals surface area contributed by atoms with Gasteiger partial charge in [0.05, 0.1) is 6.07 Å². The molecule has 1 aromatic rings. The highest BCUT2D eigenvalue weighted by Gasteiger charge is 2.27. The van der Waals surface area contributed by atoms with Crippen molar-refractivity contribution in [3.05, 3.63) is 23.3 Å². The third-order valence-electron chi connectivity index (χ3n) is 3.46. The van der Waals surface area contributed by atoms with Crippen molar-refractivity contribution < 1.29 is 14.2 Å². The topological polar surface area (TPSA) is 51.5 Å². The fourth-order valence-corrected chi connectivity index (χ4v) is 2.37. The van der Waals surface area contributed by atoms with E-state index in [1.54, 1.807) is 7.11 Å². The van der Waals surface area contributed by atoms with Crippen LogP contribution in [-0.2, 0) is 17.6 Å². The summed E-state index contributed by atoms with van der Waals surface area (Å²) in [5.41, 5.74) is 2.10. The Morgan fingerprint density at radius 3 is 2.90 bits per heavy atom. The molecule has 0 atom stereocenters. The van der Waals surface area contributed by atoms with E-state index >= 15 is 0 Å². The molecule has 1 aliphatic heterocycles. The summed E-state index contributed by atoms with van der Waals surface area (Å²) in [6.45, 7) is 4.38. The van der Waals surface area contributed by atoms with Gasteiger partial charge in [0.15, 0.2) is 6.79 Å². The smallest absolute Gasteiger partial charge is 0.188 e. The van der Waals surface area contributed by atoms with E-state index in [1.165, 1.54) is 5.56 Å². The molecule has 0 saturated carbocycles. The Kier molecular flexibility index (Phi) is 4.51. The first kappa shape index (κ1) is 14.7. The molecule has 20 heavy (non-hydrogen) atoms. The van der Waals surface area contributed by atoms with Gasteiger partial charge in [0.1, 0.15) is 17.1 Å². The first-order chi connectivity index (χ1) is 9.55. The summed E-state index contributed by atoms with van der Waals surface area (Å²) in [5, 5.41) is 8.76. The van der Waals surface area contributed by atoms with E-state index < -0.39 is 0 Å². The van der Waals surface area contributed by atoms with E-state index in [4.69, 9.17) is 19.5 Å². The molecule has 0 unspecified atom stereocenters. The molecular weight excluding hydrogens is 254 g/mol. The van der Waals surface area contributed by atoms with Crippen LogP contribution in [-0.4, -0.2) is 19.5 Å². The predicted octanol–water partition coefficient (Wildman–Crippen LogP) is 3.23. The molecule has 0 fully saturated rings. The monoisotopic (exact) mass is 275 g/mol. The van der Waals surface area contributed by atoms with Crippen molar-refractivity contribution in [2.45, 2.75) is 45.1 Å². The van der Waals surface area contributed by atoms with Crippen molar-refractivity contribution in [2.24, 2.45) is 0 Å². The Morgan fingerprint density at radius 2 is 2.20 bits per heavy atom. The van der Waals surface area contributed by atoms with Gasteiger partial charge < -0.3 is 14.2 Å². The number of aryl methyl sites for hydroxylation is 2. The van der Waals surface area contributed by atoms with Crippen LogP contribution in [0.15, 0.2) is 12.1 Å². The van der Waals surface area contributed by atoms with Crippen molar-refractivity contribution in [3.8, 4) is 17.6 Å². The summed E-state index contributed by atoms with van der Waals surface area (Å²) in [6, 6.07) is 6.21. The Hall–Kier alpha value is -1.73.